The average molecular weight is 318 g/mol. The van der Waals surface area contributed by atoms with E-state index in [1.807, 2.05) is 14.1 Å². The van der Waals surface area contributed by atoms with E-state index in [4.69, 9.17) is 5.11 Å². The third-order valence-electron chi connectivity index (χ3n) is 2.78. The number of aromatic amines is 1. The van der Waals surface area contributed by atoms with Crippen molar-refractivity contribution in [1.29, 1.82) is 0 Å². The maximum atomic E-state index is 11.8. The van der Waals surface area contributed by atoms with E-state index >= 15 is 0 Å². The van der Waals surface area contributed by atoms with Gasteiger partial charge < -0.3 is 15.4 Å². The van der Waals surface area contributed by atoms with E-state index in [1.54, 1.807) is 0 Å². The van der Waals surface area contributed by atoms with Crippen molar-refractivity contribution in [3.63, 3.8) is 0 Å². The summed E-state index contributed by atoms with van der Waals surface area (Å²) in [5, 5.41) is 12.1. The van der Waals surface area contributed by atoms with E-state index < -0.39 is 5.97 Å². The molecule has 8 heteroatoms. The van der Waals surface area contributed by atoms with E-state index in [1.165, 1.54) is 16.2 Å². The third-order valence-corrected chi connectivity index (χ3v) is 3.96. The highest BCUT2D eigenvalue weighted by atomic mass is 35.5. The van der Waals surface area contributed by atoms with Gasteiger partial charge in [-0.05, 0) is 38.9 Å². The van der Waals surface area contributed by atoms with Crippen molar-refractivity contribution in [2.75, 3.05) is 14.1 Å². The number of aromatic carboxylic acids is 1. The van der Waals surface area contributed by atoms with Gasteiger partial charge in [0.25, 0.3) is 5.56 Å². The lowest BCUT2D eigenvalue weighted by Crippen LogP contribution is -2.15. The minimum Gasteiger partial charge on any atom is -0.475 e. The molecule has 1 aliphatic rings. The number of nitrogens with zero attached hydrogens (tertiary/aromatic N) is 1. The maximum absolute atomic E-state index is 11.8. The quantitative estimate of drug-likeness (QED) is 0.739. The normalized spacial score (nSPS) is 12.3. The number of carboxylic acid groups (broad SMARTS) is 1. The van der Waals surface area contributed by atoms with Crippen LogP contribution in [0, 0.1) is 0 Å². The number of carboxylic acids is 1. The molecule has 6 nitrogen and oxygen atoms in total. The standard InChI is InChI=1S/C10H8N2O3S.C2H7N.ClH/c13-8-6-4-2-1-3-5(4)16-9(6)12-7(11-8)10(14)15;1-3-2;/h1-3H2,(H,14,15)(H,11,12,13);3H,1-2H3;1H. The molecule has 0 atom stereocenters. The number of nitrogens with one attached hydrogen (secondary N) is 2. The first-order chi connectivity index (χ1) is 9.08. The van der Waals surface area contributed by atoms with E-state index in [0.29, 0.717) is 10.2 Å². The van der Waals surface area contributed by atoms with Crippen molar-refractivity contribution < 1.29 is 9.90 Å². The Balaban J connectivity index is 0.000000462. The molecule has 0 aromatic carbocycles. The molecule has 0 radical (unpaired) electrons. The number of fused-ring (bicyclic) bond motifs is 3. The first kappa shape index (κ1) is 16.6. The molecule has 0 unspecified atom stereocenters. The molecule has 0 aliphatic heterocycles. The Morgan fingerprint density at radius 2 is 2.05 bits per heavy atom. The maximum Gasteiger partial charge on any atom is 0.372 e. The second-order valence-corrected chi connectivity index (χ2v) is 5.34. The summed E-state index contributed by atoms with van der Waals surface area (Å²) in [5.41, 5.74) is 0.729. The topological polar surface area (TPSA) is 95.1 Å². The molecular weight excluding hydrogens is 302 g/mol. The van der Waals surface area contributed by atoms with Gasteiger partial charge in [-0.2, -0.15) is 0 Å². The Bertz CT molecular complexity index is 680. The number of hydrogen-bond acceptors (Lipinski definition) is 5. The Morgan fingerprint density at radius 1 is 1.40 bits per heavy atom. The van der Waals surface area contributed by atoms with Gasteiger partial charge in [0.1, 0.15) is 4.83 Å². The van der Waals surface area contributed by atoms with Crippen molar-refractivity contribution >= 4 is 39.9 Å². The van der Waals surface area contributed by atoms with Gasteiger partial charge in [0, 0.05) is 4.88 Å². The molecule has 3 N–H and O–H groups in total. The van der Waals surface area contributed by atoms with Crippen LogP contribution in [-0.4, -0.2) is 35.1 Å². The SMILES string of the molecule is CNC.Cl.O=C(O)c1nc2sc3c(c2c(=O)[nH]1)CCC3. The van der Waals surface area contributed by atoms with Crippen LogP contribution in [0.2, 0.25) is 0 Å². The zero-order valence-corrected chi connectivity index (χ0v) is 12.8. The number of aromatic nitrogens is 2. The van der Waals surface area contributed by atoms with Crippen LogP contribution in [0.3, 0.4) is 0 Å². The number of halogens is 1. The predicted octanol–water partition coefficient (Wildman–Crippen LogP) is 1.43. The van der Waals surface area contributed by atoms with E-state index in [2.05, 4.69) is 15.3 Å². The molecule has 0 amide bonds. The summed E-state index contributed by atoms with van der Waals surface area (Å²) in [4.78, 5) is 30.5. The van der Waals surface area contributed by atoms with Crippen LogP contribution in [0.25, 0.3) is 10.2 Å². The van der Waals surface area contributed by atoms with E-state index in [-0.39, 0.29) is 23.8 Å². The molecule has 2 heterocycles. The Hall–Kier alpha value is -1.44. The minimum atomic E-state index is -1.20. The molecule has 0 saturated carbocycles. The van der Waals surface area contributed by atoms with Gasteiger partial charge in [-0.25, -0.2) is 9.78 Å². The number of carbonyl (C=O) groups is 1. The van der Waals surface area contributed by atoms with Gasteiger partial charge in [0.15, 0.2) is 0 Å². The van der Waals surface area contributed by atoms with Crippen molar-refractivity contribution in [3.05, 3.63) is 26.6 Å². The monoisotopic (exact) mass is 317 g/mol. The lowest BCUT2D eigenvalue weighted by Gasteiger charge is -1.95. The Morgan fingerprint density at radius 3 is 2.65 bits per heavy atom. The van der Waals surface area contributed by atoms with Crippen LogP contribution >= 0.6 is 23.7 Å². The van der Waals surface area contributed by atoms with Crippen LogP contribution < -0.4 is 10.9 Å². The highest BCUT2D eigenvalue weighted by molar-refractivity contribution is 7.18. The molecule has 0 saturated heterocycles. The van der Waals surface area contributed by atoms with Crippen molar-refractivity contribution in [2.24, 2.45) is 0 Å². The fraction of sp³-hybridized carbons (Fsp3) is 0.417. The van der Waals surface area contributed by atoms with Gasteiger partial charge in [-0.1, -0.05) is 0 Å². The number of aryl methyl sites for hydroxylation is 2. The average Bonchev–Trinajstić information content (AvgIpc) is 2.88. The molecule has 3 rings (SSSR count). The Labute approximate surface area is 125 Å². The molecule has 0 fully saturated rings. The highest BCUT2D eigenvalue weighted by Crippen LogP contribution is 2.34. The first-order valence-corrected chi connectivity index (χ1v) is 6.76. The summed E-state index contributed by atoms with van der Waals surface area (Å²) in [6, 6.07) is 0. The van der Waals surface area contributed by atoms with Gasteiger partial charge in [-0.15, -0.1) is 23.7 Å². The molecule has 110 valence electrons. The molecule has 1 aliphatic carbocycles. The second kappa shape index (κ2) is 6.83. The molecular formula is C12H16ClN3O3S. The largest absolute Gasteiger partial charge is 0.475 e. The van der Waals surface area contributed by atoms with Crippen LogP contribution in [0.1, 0.15) is 27.5 Å². The molecule has 2 aromatic heterocycles. The summed E-state index contributed by atoms with van der Waals surface area (Å²) in [7, 11) is 3.75. The number of rotatable bonds is 1. The minimum absolute atomic E-state index is 0. The van der Waals surface area contributed by atoms with Crippen LogP contribution in [0.15, 0.2) is 4.79 Å². The van der Waals surface area contributed by atoms with Crippen LogP contribution in [-0.2, 0) is 12.8 Å². The summed E-state index contributed by atoms with van der Waals surface area (Å²) in [6.07, 6.45) is 2.93. The first-order valence-electron chi connectivity index (χ1n) is 5.94. The second-order valence-electron chi connectivity index (χ2n) is 4.26. The van der Waals surface area contributed by atoms with E-state index in [0.717, 1.165) is 24.8 Å². The molecule has 0 spiro atoms. The van der Waals surface area contributed by atoms with Crippen molar-refractivity contribution in [3.8, 4) is 0 Å². The van der Waals surface area contributed by atoms with Gasteiger partial charge in [-0.3, -0.25) is 4.79 Å². The lowest BCUT2D eigenvalue weighted by atomic mass is 10.2. The van der Waals surface area contributed by atoms with Gasteiger partial charge >= 0.3 is 5.97 Å². The zero-order chi connectivity index (χ0) is 14.0. The van der Waals surface area contributed by atoms with Gasteiger partial charge in [0.2, 0.25) is 5.82 Å². The number of H-pyrrole nitrogens is 1. The highest BCUT2D eigenvalue weighted by Gasteiger charge is 2.21. The predicted molar refractivity (Wildman–Crippen MR) is 81.5 cm³/mol. The summed E-state index contributed by atoms with van der Waals surface area (Å²) < 4.78 is 0. The Kier molecular flexibility index (Phi) is 5.67. The smallest absolute Gasteiger partial charge is 0.372 e. The van der Waals surface area contributed by atoms with Crippen LogP contribution in [0.5, 0.6) is 0 Å². The molecule has 2 aromatic rings. The fourth-order valence-corrected chi connectivity index (χ4v) is 3.37. The van der Waals surface area contributed by atoms with Crippen molar-refractivity contribution in [2.45, 2.75) is 19.3 Å². The van der Waals surface area contributed by atoms with E-state index in [9.17, 15) is 9.59 Å². The molecule has 20 heavy (non-hydrogen) atoms. The summed E-state index contributed by atoms with van der Waals surface area (Å²) in [5.74, 6) is -1.48. The third kappa shape index (κ3) is 3.00. The lowest BCUT2D eigenvalue weighted by molar-refractivity contribution is 0.0683. The van der Waals surface area contributed by atoms with Crippen LogP contribution in [0.4, 0.5) is 0 Å². The molecule has 0 bridgehead atoms. The van der Waals surface area contributed by atoms with Crippen molar-refractivity contribution in [1.82, 2.24) is 15.3 Å². The number of hydrogen-bond donors (Lipinski definition) is 3. The fourth-order valence-electron chi connectivity index (χ4n) is 2.10. The summed E-state index contributed by atoms with van der Waals surface area (Å²) >= 11 is 1.44. The zero-order valence-electron chi connectivity index (χ0n) is 11.1. The van der Waals surface area contributed by atoms with Gasteiger partial charge in [0.05, 0.1) is 5.39 Å². The summed E-state index contributed by atoms with van der Waals surface area (Å²) in [6.45, 7) is 0. The number of thiophene rings is 1.